The molecule has 5 nitrogen and oxygen atoms in total. The van der Waals surface area contributed by atoms with Gasteiger partial charge in [-0.1, -0.05) is 17.3 Å². The Balaban J connectivity index is 2.23. The van der Waals surface area contributed by atoms with Gasteiger partial charge in [0.1, 0.15) is 5.69 Å². The minimum Gasteiger partial charge on any atom is -0.399 e. The third-order valence-corrected chi connectivity index (χ3v) is 2.90. The lowest BCUT2D eigenvalue weighted by Crippen LogP contribution is -2.10. The molecule has 0 bridgehead atoms. The zero-order valence-corrected chi connectivity index (χ0v) is 10.8. The van der Waals surface area contributed by atoms with Gasteiger partial charge in [0.2, 0.25) is 0 Å². The van der Waals surface area contributed by atoms with Gasteiger partial charge in [0.25, 0.3) is 0 Å². The molecule has 0 saturated heterocycles. The van der Waals surface area contributed by atoms with E-state index in [2.05, 4.69) is 26.2 Å². The smallest absolute Gasteiger partial charge is 0.188 e. The van der Waals surface area contributed by atoms with Crippen molar-refractivity contribution in [1.82, 2.24) is 15.0 Å². The minimum absolute atomic E-state index is 0.0463. The van der Waals surface area contributed by atoms with Crippen LogP contribution in [0.3, 0.4) is 0 Å². The quantitative estimate of drug-likeness (QED) is 0.689. The number of hydrogen-bond donors (Lipinski definition) is 1. The standard InChI is InChI=1S/C11H11BrN4O/c1-16-10(11(12)14-15-16)9(17)6-7-3-2-4-8(13)5-7/h2-5H,6,13H2,1H3. The highest BCUT2D eigenvalue weighted by atomic mass is 79.9. The van der Waals surface area contributed by atoms with E-state index in [1.807, 2.05) is 12.1 Å². The average Bonchev–Trinajstić information content (AvgIpc) is 2.58. The second-order valence-electron chi connectivity index (χ2n) is 3.70. The van der Waals surface area contributed by atoms with Crippen LogP contribution in [0.15, 0.2) is 28.9 Å². The van der Waals surface area contributed by atoms with Crippen molar-refractivity contribution in [3.05, 3.63) is 40.1 Å². The van der Waals surface area contributed by atoms with Crippen molar-refractivity contribution in [2.24, 2.45) is 7.05 Å². The fourth-order valence-corrected chi connectivity index (χ4v) is 2.15. The molecule has 2 rings (SSSR count). The van der Waals surface area contributed by atoms with Gasteiger partial charge in [-0.3, -0.25) is 4.79 Å². The van der Waals surface area contributed by atoms with Gasteiger partial charge in [-0.15, -0.1) is 5.10 Å². The summed E-state index contributed by atoms with van der Waals surface area (Å²) in [5, 5.41) is 7.55. The Kier molecular flexibility index (Phi) is 3.23. The molecule has 2 aromatic rings. The Morgan fingerprint density at radius 3 is 2.88 bits per heavy atom. The van der Waals surface area contributed by atoms with Crippen LogP contribution in [0, 0.1) is 0 Å². The van der Waals surface area contributed by atoms with Crippen LogP contribution in [0.4, 0.5) is 5.69 Å². The van der Waals surface area contributed by atoms with E-state index < -0.39 is 0 Å². The normalized spacial score (nSPS) is 10.5. The van der Waals surface area contributed by atoms with Crippen LogP contribution in [0.2, 0.25) is 0 Å². The number of aromatic nitrogens is 3. The highest BCUT2D eigenvalue weighted by Gasteiger charge is 2.16. The van der Waals surface area contributed by atoms with E-state index in [0.717, 1.165) is 5.56 Å². The fraction of sp³-hybridized carbons (Fsp3) is 0.182. The summed E-state index contributed by atoms with van der Waals surface area (Å²) < 4.78 is 1.92. The number of carbonyl (C=O) groups is 1. The van der Waals surface area contributed by atoms with Crippen molar-refractivity contribution in [3.8, 4) is 0 Å². The molecule has 0 unspecified atom stereocenters. The Morgan fingerprint density at radius 2 is 2.29 bits per heavy atom. The summed E-state index contributed by atoms with van der Waals surface area (Å²) in [5.41, 5.74) is 7.66. The Bertz CT molecular complexity index is 545. The lowest BCUT2D eigenvalue weighted by molar-refractivity contribution is 0.0983. The van der Waals surface area contributed by atoms with Gasteiger partial charge in [0, 0.05) is 19.2 Å². The van der Waals surface area contributed by atoms with E-state index in [9.17, 15) is 4.79 Å². The van der Waals surface area contributed by atoms with Crippen molar-refractivity contribution in [3.63, 3.8) is 0 Å². The minimum atomic E-state index is -0.0463. The average molecular weight is 295 g/mol. The maximum absolute atomic E-state index is 12.1. The predicted molar refractivity (Wildman–Crippen MR) is 67.6 cm³/mol. The molecule has 0 radical (unpaired) electrons. The molecule has 0 saturated carbocycles. The highest BCUT2D eigenvalue weighted by molar-refractivity contribution is 9.10. The van der Waals surface area contributed by atoms with E-state index >= 15 is 0 Å². The Morgan fingerprint density at radius 1 is 1.53 bits per heavy atom. The fourth-order valence-electron chi connectivity index (χ4n) is 1.60. The molecular formula is C11H11BrN4O. The number of hydrogen-bond acceptors (Lipinski definition) is 4. The van der Waals surface area contributed by atoms with Gasteiger partial charge < -0.3 is 5.73 Å². The number of halogens is 1. The van der Waals surface area contributed by atoms with Gasteiger partial charge in [-0.2, -0.15) is 0 Å². The van der Waals surface area contributed by atoms with Gasteiger partial charge in [0.15, 0.2) is 10.4 Å². The molecule has 0 spiro atoms. The lowest BCUT2D eigenvalue weighted by Gasteiger charge is -2.02. The summed E-state index contributed by atoms with van der Waals surface area (Å²) in [5.74, 6) is -0.0463. The zero-order chi connectivity index (χ0) is 12.4. The number of nitrogens with zero attached hydrogens (tertiary/aromatic N) is 3. The van der Waals surface area contributed by atoms with E-state index in [4.69, 9.17) is 5.73 Å². The summed E-state index contributed by atoms with van der Waals surface area (Å²) >= 11 is 3.21. The molecule has 88 valence electrons. The van der Waals surface area contributed by atoms with Gasteiger partial charge in [-0.05, 0) is 33.6 Å². The summed E-state index contributed by atoms with van der Waals surface area (Å²) in [7, 11) is 1.68. The summed E-state index contributed by atoms with van der Waals surface area (Å²) in [6.45, 7) is 0. The molecule has 1 aromatic carbocycles. The molecule has 1 aromatic heterocycles. The Hall–Kier alpha value is -1.69. The van der Waals surface area contributed by atoms with Crippen LogP contribution in [0.1, 0.15) is 16.1 Å². The van der Waals surface area contributed by atoms with Crippen molar-refractivity contribution >= 4 is 27.4 Å². The molecule has 17 heavy (non-hydrogen) atoms. The van der Waals surface area contributed by atoms with Crippen molar-refractivity contribution in [1.29, 1.82) is 0 Å². The van der Waals surface area contributed by atoms with Crippen LogP contribution in [-0.4, -0.2) is 20.8 Å². The zero-order valence-electron chi connectivity index (χ0n) is 9.22. The largest absolute Gasteiger partial charge is 0.399 e. The number of Topliss-reactive ketones (excluding diaryl/α,β-unsaturated/α-hetero) is 1. The molecule has 0 atom stereocenters. The summed E-state index contributed by atoms with van der Waals surface area (Å²) in [6, 6.07) is 7.27. The molecular weight excluding hydrogens is 284 g/mol. The van der Waals surface area contributed by atoms with Crippen LogP contribution >= 0.6 is 15.9 Å². The van der Waals surface area contributed by atoms with E-state index in [1.165, 1.54) is 4.68 Å². The Labute approximate surface area is 107 Å². The number of anilines is 1. The summed E-state index contributed by atoms with van der Waals surface area (Å²) in [4.78, 5) is 12.1. The lowest BCUT2D eigenvalue weighted by atomic mass is 10.1. The second-order valence-corrected chi connectivity index (χ2v) is 4.45. The number of aryl methyl sites for hydroxylation is 1. The van der Waals surface area contributed by atoms with Crippen molar-refractivity contribution in [2.75, 3.05) is 5.73 Å². The molecule has 0 aliphatic heterocycles. The molecule has 0 aliphatic carbocycles. The van der Waals surface area contributed by atoms with Crippen molar-refractivity contribution in [2.45, 2.75) is 6.42 Å². The number of nitrogen functional groups attached to an aromatic ring is 1. The van der Waals surface area contributed by atoms with Gasteiger partial charge in [0.05, 0.1) is 0 Å². The number of ketones is 1. The first kappa shape index (κ1) is 11.8. The highest BCUT2D eigenvalue weighted by Crippen LogP contribution is 2.16. The van der Waals surface area contributed by atoms with Gasteiger partial charge in [-0.25, -0.2) is 4.68 Å². The first-order valence-corrected chi connectivity index (χ1v) is 5.80. The number of nitrogens with two attached hydrogens (primary N) is 1. The molecule has 6 heteroatoms. The SMILES string of the molecule is Cn1nnc(Br)c1C(=O)Cc1cccc(N)c1. The van der Waals surface area contributed by atoms with Crippen LogP contribution in [0.25, 0.3) is 0 Å². The topological polar surface area (TPSA) is 73.8 Å². The third kappa shape index (κ3) is 2.52. The number of rotatable bonds is 3. The molecule has 0 amide bonds. The van der Waals surface area contributed by atoms with E-state index in [1.54, 1.807) is 19.2 Å². The molecule has 2 N–H and O–H groups in total. The monoisotopic (exact) mass is 294 g/mol. The first-order chi connectivity index (χ1) is 8.08. The van der Waals surface area contributed by atoms with Crippen LogP contribution in [0.5, 0.6) is 0 Å². The maximum atomic E-state index is 12.1. The van der Waals surface area contributed by atoms with Gasteiger partial charge >= 0.3 is 0 Å². The molecule has 0 aliphatic rings. The predicted octanol–water partition coefficient (Wildman–Crippen LogP) is 1.59. The van der Waals surface area contributed by atoms with Crippen molar-refractivity contribution < 1.29 is 4.79 Å². The third-order valence-electron chi connectivity index (χ3n) is 2.37. The van der Waals surface area contributed by atoms with E-state index in [0.29, 0.717) is 16.0 Å². The first-order valence-electron chi connectivity index (χ1n) is 5.00. The van der Waals surface area contributed by atoms with E-state index in [-0.39, 0.29) is 12.2 Å². The molecule has 0 fully saturated rings. The number of benzene rings is 1. The summed E-state index contributed by atoms with van der Waals surface area (Å²) in [6.07, 6.45) is 0.283. The van der Waals surface area contributed by atoms with Crippen LogP contribution in [-0.2, 0) is 13.5 Å². The van der Waals surface area contributed by atoms with Crippen LogP contribution < -0.4 is 5.73 Å². The second kappa shape index (κ2) is 4.67. The molecule has 1 heterocycles. The number of carbonyl (C=O) groups excluding carboxylic acids is 1. The maximum Gasteiger partial charge on any atom is 0.188 e.